The van der Waals surface area contributed by atoms with E-state index < -0.39 is 5.97 Å². The molecule has 6 heteroatoms. The number of nitrogens with two attached hydrogens (primary N) is 2. The van der Waals surface area contributed by atoms with Gasteiger partial charge in [0.05, 0.1) is 6.42 Å². The van der Waals surface area contributed by atoms with Crippen molar-refractivity contribution in [2.75, 3.05) is 5.73 Å². The molecule has 0 aliphatic carbocycles. The number of ether oxygens (including phenoxy) is 1. The molecule has 1 heterocycles. The Bertz CT molecular complexity index is 1260. The molecule has 158 valence electrons. The molecule has 0 bridgehead atoms. The molecule has 3 aromatic carbocycles. The van der Waals surface area contributed by atoms with Gasteiger partial charge in [0.1, 0.15) is 23.7 Å². The van der Waals surface area contributed by atoms with Crippen LogP contribution < -0.4 is 16.2 Å². The first kappa shape index (κ1) is 20.5. The third-order valence-electron chi connectivity index (χ3n) is 5.09. The van der Waals surface area contributed by atoms with Gasteiger partial charge < -0.3 is 25.7 Å². The smallest absolute Gasteiger partial charge is 0.307 e. The molecule has 0 aliphatic heterocycles. The zero-order valence-electron chi connectivity index (χ0n) is 17.2. The average molecular weight is 416 g/mol. The SMILES string of the molecule is Cc1cc2cc(COc3ccc(N)cc3CC(=O)O)cc(-c3cccc(CN)c3)c2o1. The molecule has 1 aromatic heterocycles. The molecule has 0 fully saturated rings. The third kappa shape index (κ3) is 4.54. The minimum atomic E-state index is -0.937. The van der Waals surface area contributed by atoms with Gasteiger partial charge in [-0.25, -0.2) is 0 Å². The Morgan fingerprint density at radius 1 is 1.06 bits per heavy atom. The summed E-state index contributed by atoms with van der Waals surface area (Å²) in [5.41, 5.74) is 17.5. The van der Waals surface area contributed by atoms with Gasteiger partial charge in [0.15, 0.2) is 0 Å². The number of aryl methyl sites for hydroxylation is 1. The Morgan fingerprint density at radius 3 is 2.68 bits per heavy atom. The van der Waals surface area contributed by atoms with Gasteiger partial charge in [0.25, 0.3) is 0 Å². The molecule has 6 nitrogen and oxygen atoms in total. The Morgan fingerprint density at radius 2 is 1.90 bits per heavy atom. The Labute approximate surface area is 180 Å². The molecule has 0 amide bonds. The fraction of sp³-hybridized carbons (Fsp3) is 0.160. The zero-order chi connectivity index (χ0) is 22.0. The molecule has 0 unspecified atom stereocenters. The first-order valence-electron chi connectivity index (χ1n) is 9.98. The van der Waals surface area contributed by atoms with Gasteiger partial charge in [-0.05, 0) is 66.1 Å². The van der Waals surface area contributed by atoms with Gasteiger partial charge in [-0.3, -0.25) is 4.79 Å². The van der Waals surface area contributed by atoms with Crippen molar-refractivity contribution < 1.29 is 19.1 Å². The maximum atomic E-state index is 11.2. The highest BCUT2D eigenvalue weighted by atomic mass is 16.5. The van der Waals surface area contributed by atoms with Crippen LogP contribution in [0.1, 0.15) is 22.5 Å². The number of aliphatic carboxylic acids is 1. The van der Waals surface area contributed by atoms with E-state index >= 15 is 0 Å². The average Bonchev–Trinajstić information content (AvgIpc) is 3.12. The van der Waals surface area contributed by atoms with E-state index in [2.05, 4.69) is 6.07 Å². The maximum absolute atomic E-state index is 11.2. The van der Waals surface area contributed by atoms with E-state index in [-0.39, 0.29) is 13.0 Å². The van der Waals surface area contributed by atoms with Gasteiger partial charge in [0, 0.05) is 28.7 Å². The fourth-order valence-electron chi connectivity index (χ4n) is 3.71. The second kappa shape index (κ2) is 8.53. The van der Waals surface area contributed by atoms with Crippen molar-refractivity contribution in [2.45, 2.75) is 26.5 Å². The molecular formula is C25H24N2O4. The van der Waals surface area contributed by atoms with E-state index in [1.807, 2.05) is 43.3 Å². The first-order valence-corrected chi connectivity index (χ1v) is 9.98. The molecule has 4 aromatic rings. The monoisotopic (exact) mass is 416 g/mol. The standard InChI is InChI=1S/C25H24N2O4/c1-15-7-20-9-17(14-30-23-6-5-21(27)11-19(23)12-24(28)29)10-22(25(20)31-15)18-4-2-3-16(8-18)13-26/h2-11H,12-14,26-27H2,1H3,(H,28,29). The summed E-state index contributed by atoms with van der Waals surface area (Å²) in [6, 6.07) is 19.2. The first-order chi connectivity index (χ1) is 14.9. The van der Waals surface area contributed by atoms with E-state index in [0.29, 0.717) is 23.5 Å². The van der Waals surface area contributed by atoms with Crippen molar-refractivity contribution in [2.24, 2.45) is 5.73 Å². The number of anilines is 1. The number of nitrogen functional groups attached to an aromatic ring is 1. The summed E-state index contributed by atoms with van der Waals surface area (Å²) in [7, 11) is 0. The largest absolute Gasteiger partial charge is 0.489 e. The molecule has 0 aliphatic rings. The van der Waals surface area contributed by atoms with Crippen molar-refractivity contribution in [1.82, 2.24) is 0 Å². The molecule has 4 rings (SSSR count). The highest BCUT2D eigenvalue weighted by Crippen LogP contribution is 2.33. The van der Waals surface area contributed by atoms with Gasteiger partial charge in [-0.1, -0.05) is 18.2 Å². The molecule has 0 spiro atoms. The number of carbonyl (C=O) groups is 1. The quantitative estimate of drug-likeness (QED) is 0.378. The second-order valence-electron chi connectivity index (χ2n) is 7.55. The van der Waals surface area contributed by atoms with Gasteiger partial charge in [-0.2, -0.15) is 0 Å². The maximum Gasteiger partial charge on any atom is 0.307 e. The summed E-state index contributed by atoms with van der Waals surface area (Å²) < 4.78 is 12.0. The van der Waals surface area contributed by atoms with Gasteiger partial charge in [0.2, 0.25) is 0 Å². The van der Waals surface area contributed by atoms with Crippen LogP contribution in [0.5, 0.6) is 5.75 Å². The van der Waals surface area contributed by atoms with Crippen LogP contribution in [0.25, 0.3) is 22.1 Å². The summed E-state index contributed by atoms with van der Waals surface area (Å²) in [6.45, 7) is 2.66. The lowest BCUT2D eigenvalue weighted by atomic mass is 9.99. The number of fused-ring (bicyclic) bond motifs is 1. The summed E-state index contributed by atoms with van der Waals surface area (Å²) in [4.78, 5) is 11.2. The lowest BCUT2D eigenvalue weighted by Crippen LogP contribution is -2.05. The van der Waals surface area contributed by atoms with Crippen LogP contribution in [-0.2, 0) is 24.4 Å². The summed E-state index contributed by atoms with van der Waals surface area (Å²) in [5.74, 6) is 0.395. The molecular weight excluding hydrogens is 392 g/mol. The van der Waals surface area contributed by atoms with Gasteiger partial charge in [-0.15, -0.1) is 0 Å². The molecule has 0 radical (unpaired) electrons. The van der Waals surface area contributed by atoms with E-state index in [1.54, 1.807) is 18.2 Å². The van der Waals surface area contributed by atoms with E-state index in [9.17, 15) is 9.90 Å². The predicted octanol–water partition coefficient (Wildman–Crippen LogP) is 4.66. The number of carboxylic acids is 1. The number of hydrogen-bond acceptors (Lipinski definition) is 5. The molecule has 5 N–H and O–H groups in total. The van der Waals surface area contributed by atoms with Crippen LogP contribution in [0.15, 0.2) is 65.1 Å². The van der Waals surface area contributed by atoms with Gasteiger partial charge >= 0.3 is 5.97 Å². The Kier molecular flexibility index (Phi) is 5.64. The minimum absolute atomic E-state index is 0.155. The minimum Gasteiger partial charge on any atom is -0.489 e. The Balaban J connectivity index is 1.70. The highest BCUT2D eigenvalue weighted by Gasteiger charge is 2.13. The van der Waals surface area contributed by atoms with E-state index in [1.165, 1.54) is 0 Å². The van der Waals surface area contributed by atoms with E-state index in [4.69, 9.17) is 20.6 Å². The molecule has 0 atom stereocenters. The molecule has 31 heavy (non-hydrogen) atoms. The van der Waals surface area contributed by atoms with Crippen LogP contribution in [0, 0.1) is 6.92 Å². The molecule has 0 saturated carbocycles. The summed E-state index contributed by atoms with van der Waals surface area (Å²) >= 11 is 0. The lowest BCUT2D eigenvalue weighted by molar-refractivity contribution is -0.136. The number of carboxylic acid groups (broad SMARTS) is 1. The van der Waals surface area contributed by atoms with Crippen LogP contribution in [0.2, 0.25) is 0 Å². The third-order valence-corrected chi connectivity index (χ3v) is 5.09. The summed E-state index contributed by atoms with van der Waals surface area (Å²) in [5, 5.41) is 10.2. The topological polar surface area (TPSA) is 112 Å². The van der Waals surface area contributed by atoms with Crippen molar-refractivity contribution in [1.29, 1.82) is 0 Å². The van der Waals surface area contributed by atoms with Crippen LogP contribution in [-0.4, -0.2) is 11.1 Å². The highest BCUT2D eigenvalue weighted by molar-refractivity contribution is 5.93. The number of benzene rings is 3. The summed E-state index contributed by atoms with van der Waals surface area (Å²) in [6.07, 6.45) is -0.155. The molecule has 0 saturated heterocycles. The van der Waals surface area contributed by atoms with Crippen molar-refractivity contribution in [3.8, 4) is 16.9 Å². The predicted molar refractivity (Wildman–Crippen MR) is 121 cm³/mol. The van der Waals surface area contributed by atoms with Crippen LogP contribution in [0.4, 0.5) is 5.69 Å². The normalized spacial score (nSPS) is 11.0. The van der Waals surface area contributed by atoms with Crippen molar-refractivity contribution in [3.05, 3.63) is 83.1 Å². The number of furan rings is 1. The van der Waals surface area contributed by atoms with E-state index in [0.717, 1.165) is 39.0 Å². The van der Waals surface area contributed by atoms with Crippen molar-refractivity contribution in [3.63, 3.8) is 0 Å². The van der Waals surface area contributed by atoms with Crippen LogP contribution >= 0.6 is 0 Å². The fourth-order valence-corrected chi connectivity index (χ4v) is 3.71. The van der Waals surface area contributed by atoms with Crippen LogP contribution in [0.3, 0.4) is 0 Å². The second-order valence-corrected chi connectivity index (χ2v) is 7.55. The zero-order valence-corrected chi connectivity index (χ0v) is 17.2. The number of rotatable bonds is 7. The lowest BCUT2D eigenvalue weighted by Gasteiger charge is -2.13. The Hall–Kier alpha value is -3.77. The number of hydrogen-bond donors (Lipinski definition) is 3. The van der Waals surface area contributed by atoms with Crippen molar-refractivity contribution >= 4 is 22.6 Å².